The van der Waals surface area contributed by atoms with E-state index in [4.69, 9.17) is 4.74 Å². The minimum Gasteiger partial charge on any atom is -0.469 e. The minimum atomic E-state index is -0.181. The predicted molar refractivity (Wildman–Crippen MR) is 90.6 cm³/mol. The third kappa shape index (κ3) is 5.21. The van der Waals surface area contributed by atoms with Gasteiger partial charge >= 0.3 is 5.97 Å². The molecule has 7 nitrogen and oxygen atoms in total. The zero-order valence-corrected chi connectivity index (χ0v) is 14.6. The smallest absolute Gasteiger partial charge is 0.308 e. The Bertz CT molecular complexity index is 556. The van der Waals surface area contributed by atoms with E-state index in [1.54, 1.807) is 11.0 Å². The Balaban J connectivity index is 1.74. The zero-order valence-electron chi connectivity index (χ0n) is 13.0. The van der Waals surface area contributed by atoms with E-state index in [1.165, 1.54) is 30.2 Å². The number of carbonyl (C=O) groups is 2. The summed E-state index contributed by atoms with van der Waals surface area (Å²) in [4.78, 5) is 25.5. The molecule has 0 aromatic carbocycles. The van der Waals surface area contributed by atoms with Crippen LogP contribution in [-0.4, -0.2) is 59.5 Å². The van der Waals surface area contributed by atoms with Crippen molar-refractivity contribution >= 4 is 40.1 Å². The number of ether oxygens (including phenoxy) is 1. The Morgan fingerprint density at radius 2 is 2.22 bits per heavy atom. The first-order chi connectivity index (χ1) is 11.1. The van der Waals surface area contributed by atoms with E-state index >= 15 is 0 Å². The fourth-order valence-electron chi connectivity index (χ4n) is 2.25. The molecule has 0 radical (unpaired) electrons. The van der Waals surface area contributed by atoms with Gasteiger partial charge in [-0.3, -0.25) is 9.59 Å². The summed E-state index contributed by atoms with van der Waals surface area (Å²) in [6, 6.07) is 0. The average Bonchev–Trinajstić information content (AvgIpc) is 3.05. The van der Waals surface area contributed by atoms with Gasteiger partial charge in [0.15, 0.2) is 4.34 Å². The predicted octanol–water partition coefficient (Wildman–Crippen LogP) is 1.64. The molecule has 23 heavy (non-hydrogen) atoms. The maximum Gasteiger partial charge on any atom is 0.308 e. The molecular formula is C14H20N4O3S2. The normalized spacial score (nSPS) is 15.3. The Hall–Kier alpha value is -1.61. The van der Waals surface area contributed by atoms with Gasteiger partial charge < -0.3 is 15.0 Å². The first kappa shape index (κ1) is 17.7. The van der Waals surface area contributed by atoms with Crippen molar-refractivity contribution < 1.29 is 14.3 Å². The highest BCUT2D eigenvalue weighted by Gasteiger charge is 2.27. The second kappa shape index (κ2) is 8.88. The van der Waals surface area contributed by atoms with E-state index in [2.05, 4.69) is 22.1 Å². The highest BCUT2D eigenvalue weighted by molar-refractivity contribution is 8.01. The van der Waals surface area contributed by atoms with Crippen molar-refractivity contribution in [2.24, 2.45) is 5.92 Å². The summed E-state index contributed by atoms with van der Waals surface area (Å²) in [6.45, 7) is 5.45. The second-order valence-corrected chi connectivity index (χ2v) is 7.21. The van der Waals surface area contributed by atoms with Crippen LogP contribution in [0, 0.1) is 5.92 Å². The number of piperidine rings is 1. The number of esters is 1. The molecule has 1 N–H and O–H groups in total. The van der Waals surface area contributed by atoms with Gasteiger partial charge in [0.1, 0.15) is 0 Å². The molecule has 1 amide bonds. The minimum absolute atomic E-state index is 0.0640. The molecule has 126 valence electrons. The lowest BCUT2D eigenvalue weighted by molar-refractivity contribution is -0.148. The largest absolute Gasteiger partial charge is 0.469 e. The van der Waals surface area contributed by atoms with Crippen LogP contribution in [0.1, 0.15) is 12.8 Å². The SMILES string of the molecule is C=CCNc1nnc(SCC(=O)N2CCC(C(=O)OC)CC2)s1. The third-order valence-corrected chi connectivity index (χ3v) is 5.50. The van der Waals surface area contributed by atoms with Crippen molar-refractivity contribution in [2.75, 3.05) is 37.8 Å². The Labute approximate surface area is 143 Å². The molecule has 1 aliphatic heterocycles. The lowest BCUT2D eigenvalue weighted by atomic mass is 9.97. The van der Waals surface area contributed by atoms with Crippen LogP contribution in [0.4, 0.5) is 5.13 Å². The van der Waals surface area contributed by atoms with Crippen LogP contribution in [0.25, 0.3) is 0 Å². The maximum atomic E-state index is 12.2. The van der Waals surface area contributed by atoms with E-state index in [1.807, 2.05) is 0 Å². The molecule has 2 heterocycles. The summed E-state index contributed by atoms with van der Waals surface area (Å²) < 4.78 is 5.51. The number of rotatable bonds is 7. The van der Waals surface area contributed by atoms with Gasteiger partial charge in [-0.25, -0.2) is 0 Å². The fourth-order valence-corrected chi connectivity index (χ4v) is 3.91. The first-order valence-corrected chi connectivity index (χ1v) is 9.11. The highest BCUT2D eigenvalue weighted by atomic mass is 32.2. The molecule has 1 aliphatic rings. The van der Waals surface area contributed by atoms with E-state index in [9.17, 15) is 9.59 Å². The molecule has 0 saturated carbocycles. The van der Waals surface area contributed by atoms with Gasteiger partial charge in [-0.15, -0.1) is 16.8 Å². The summed E-state index contributed by atoms with van der Waals surface area (Å²) in [5.41, 5.74) is 0. The average molecular weight is 356 g/mol. The Morgan fingerprint density at radius 1 is 1.48 bits per heavy atom. The van der Waals surface area contributed by atoms with Crippen LogP contribution in [-0.2, 0) is 14.3 Å². The van der Waals surface area contributed by atoms with Gasteiger partial charge in [-0.2, -0.15) is 0 Å². The number of hydrogen-bond donors (Lipinski definition) is 1. The highest BCUT2D eigenvalue weighted by Crippen LogP contribution is 2.26. The molecule has 0 atom stereocenters. The number of methoxy groups -OCH3 is 1. The van der Waals surface area contributed by atoms with Crippen molar-refractivity contribution in [2.45, 2.75) is 17.2 Å². The van der Waals surface area contributed by atoms with Gasteiger partial charge in [0.25, 0.3) is 0 Å². The molecule has 2 rings (SSSR count). The second-order valence-electron chi connectivity index (χ2n) is 5.01. The van der Waals surface area contributed by atoms with Gasteiger partial charge in [0.05, 0.1) is 18.8 Å². The lowest BCUT2D eigenvalue weighted by Gasteiger charge is -2.30. The van der Waals surface area contributed by atoms with Crippen molar-refractivity contribution in [1.29, 1.82) is 0 Å². The van der Waals surface area contributed by atoms with E-state index < -0.39 is 0 Å². The first-order valence-electron chi connectivity index (χ1n) is 7.30. The van der Waals surface area contributed by atoms with Crippen LogP contribution in [0.3, 0.4) is 0 Å². The fraction of sp³-hybridized carbons (Fsp3) is 0.571. The number of nitrogens with one attached hydrogen (secondary N) is 1. The number of aromatic nitrogens is 2. The van der Waals surface area contributed by atoms with Gasteiger partial charge in [0, 0.05) is 19.6 Å². The van der Waals surface area contributed by atoms with Crippen LogP contribution in [0.2, 0.25) is 0 Å². The van der Waals surface area contributed by atoms with Crippen molar-refractivity contribution in [1.82, 2.24) is 15.1 Å². The molecule has 0 unspecified atom stereocenters. The van der Waals surface area contributed by atoms with Crippen LogP contribution >= 0.6 is 23.1 Å². The summed E-state index contributed by atoms with van der Waals surface area (Å²) in [5, 5.41) is 11.8. The van der Waals surface area contributed by atoms with Crippen LogP contribution in [0.15, 0.2) is 17.0 Å². The molecular weight excluding hydrogens is 336 g/mol. The summed E-state index contributed by atoms with van der Waals surface area (Å²) in [5.74, 6) is 0.131. The number of hydrogen-bond acceptors (Lipinski definition) is 8. The van der Waals surface area contributed by atoms with Crippen LogP contribution < -0.4 is 5.32 Å². The van der Waals surface area contributed by atoms with Gasteiger partial charge in [-0.1, -0.05) is 29.2 Å². The Morgan fingerprint density at radius 3 is 2.87 bits per heavy atom. The topological polar surface area (TPSA) is 84.4 Å². The number of nitrogens with zero attached hydrogens (tertiary/aromatic N) is 3. The Kier molecular flexibility index (Phi) is 6.85. The lowest BCUT2D eigenvalue weighted by Crippen LogP contribution is -2.41. The van der Waals surface area contributed by atoms with E-state index in [0.717, 1.165) is 9.47 Å². The van der Waals surface area contributed by atoms with E-state index in [-0.39, 0.29) is 17.8 Å². The molecule has 0 bridgehead atoms. The molecule has 9 heteroatoms. The van der Waals surface area contributed by atoms with Gasteiger partial charge in [0.2, 0.25) is 11.0 Å². The summed E-state index contributed by atoms with van der Waals surface area (Å²) in [6.07, 6.45) is 3.07. The molecule has 0 aliphatic carbocycles. The molecule has 1 fully saturated rings. The zero-order chi connectivity index (χ0) is 16.7. The number of thioether (sulfide) groups is 1. The summed E-state index contributed by atoms with van der Waals surface area (Å²) in [7, 11) is 1.40. The van der Waals surface area contributed by atoms with E-state index in [0.29, 0.717) is 38.2 Å². The number of likely N-dealkylation sites (tertiary alicyclic amines) is 1. The standard InChI is InChI=1S/C14H20N4O3S2/c1-3-6-15-13-16-17-14(23-13)22-9-11(19)18-7-4-10(5-8-18)12(20)21-2/h3,10H,1,4-9H2,2H3,(H,15,16). The third-order valence-electron chi connectivity index (χ3n) is 3.51. The van der Waals surface area contributed by atoms with Crippen LogP contribution in [0.5, 0.6) is 0 Å². The maximum absolute atomic E-state index is 12.2. The quantitative estimate of drug-likeness (QED) is 0.452. The number of amides is 1. The van der Waals surface area contributed by atoms with Crippen molar-refractivity contribution in [3.8, 4) is 0 Å². The number of carbonyl (C=O) groups excluding carboxylic acids is 2. The summed E-state index contributed by atoms with van der Waals surface area (Å²) >= 11 is 2.80. The molecule has 1 saturated heterocycles. The molecule has 1 aromatic rings. The number of anilines is 1. The molecule has 1 aromatic heterocycles. The van der Waals surface area contributed by atoms with Crippen molar-refractivity contribution in [3.63, 3.8) is 0 Å². The van der Waals surface area contributed by atoms with Crippen molar-refractivity contribution in [3.05, 3.63) is 12.7 Å². The van der Waals surface area contributed by atoms with Gasteiger partial charge in [-0.05, 0) is 12.8 Å². The molecule has 0 spiro atoms. The monoisotopic (exact) mass is 356 g/mol.